The second kappa shape index (κ2) is 1.66. The Morgan fingerprint density at radius 3 is 1.71 bits per heavy atom. The van der Waals surface area contributed by atoms with Crippen molar-refractivity contribution >= 4 is 0 Å². The maximum atomic E-state index is 3.31. The summed E-state index contributed by atoms with van der Waals surface area (Å²) in [5.41, 5.74) is 0. The molecule has 0 unspecified atom stereocenters. The normalized spacial score (nSPS) is 39.7. The number of rotatable bonds is 0. The molecule has 1 aliphatic heterocycles. The van der Waals surface area contributed by atoms with Gasteiger partial charge in [0.15, 0.2) is 0 Å². The summed E-state index contributed by atoms with van der Waals surface area (Å²) in [7, 11) is 0. The van der Waals surface area contributed by atoms with E-state index in [-0.39, 0.29) is 0 Å². The Morgan fingerprint density at radius 1 is 1.14 bits per heavy atom. The van der Waals surface area contributed by atoms with E-state index in [1.807, 2.05) is 0 Å². The van der Waals surface area contributed by atoms with Gasteiger partial charge in [0.05, 0.1) is 0 Å². The van der Waals surface area contributed by atoms with Crippen LogP contribution in [0.5, 0.6) is 0 Å². The van der Waals surface area contributed by atoms with Crippen LogP contribution >= 0.6 is 0 Å². The summed E-state index contributed by atoms with van der Waals surface area (Å²) >= 11 is 0. The molecule has 0 aromatic rings. The van der Waals surface area contributed by atoms with Gasteiger partial charge in [0.25, 0.3) is 0 Å². The van der Waals surface area contributed by atoms with Crippen LogP contribution in [0.1, 0.15) is 13.8 Å². The molecule has 7 heavy (non-hydrogen) atoms. The third-order valence-corrected chi connectivity index (χ3v) is 1.21. The highest BCUT2D eigenvalue weighted by Crippen LogP contribution is 1.98. The van der Waals surface area contributed by atoms with Crippen LogP contribution in [0.2, 0.25) is 0 Å². The first-order valence-corrected chi connectivity index (χ1v) is 2.73. The van der Waals surface area contributed by atoms with E-state index in [2.05, 4.69) is 31.3 Å². The average molecular weight is 97.2 g/mol. The highest BCUT2D eigenvalue weighted by molar-refractivity contribution is 5.04. The van der Waals surface area contributed by atoms with Gasteiger partial charge in [-0.05, 0) is 13.8 Å². The van der Waals surface area contributed by atoms with Gasteiger partial charge in [0.1, 0.15) is 0 Å². The molecule has 0 spiro atoms. The summed E-state index contributed by atoms with van der Waals surface area (Å²) in [4.78, 5) is 0. The molecule has 1 heteroatoms. The molecule has 40 valence electrons. The molecular formula is C6H11N. The second-order valence-electron chi connectivity index (χ2n) is 2.13. The molecule has 2 atom stereocenters. The van der Waals surface area contributed by atoms with Gasteiger partial charge in [0.2, 0.25) is 0 Å². The quantitative estimate of drug-likeness (QED) is 0.443. The Bertz CT molecular complexity index is 76.2. The predicted octanol–water partition coefficient (Wildman–Crippen LogP) is 0.923. The number of hydrogen-bond donors (Lipinski definition) is 1. The summed E-state index contributed by atoms with van der Waals surface area (Å²) in [6.07, 6.45) is 4.37. The first-order valence-electron chi connectivity index (χ1n) is 2.73. The van der Waals surface area contributed by atoms with Gasteiger partial charge in [0, 0.05) is 12.1 Å². The molecule has 1 heterocycles. The first-order chi connectivity index (χ1) is 3.29. The summed E-state index contributed by atoms with van der Waals surface area (Å²) in [5.74, 6) is 0. The summed E-state index contributed by atoms with van der Waals surface area (Å²) < 4.78 is 0. The van der Waals surface area contributed by atoms with Gasteiger partial charge in [-0.15, -0.1) is 0 Å². The van der Waals surface area contributed by atoms with Crippen molar-refractivity contribution in [2.24, 2.45) is 0 Å². The Balaban J connectivity index is 2.42. The Kier molecular flexibility index (Phi) is 1.15. The third kappa shape index (κ3) is 1.03. The van der Waals surface area contributed by atoms with Gasteiger partial charge >= 0.3 is 0 Å². The van der Waals surface area contributed by atoms with Crippen LogP contribution in [0.3, 0.4) is 0 Å². The van der Waals surface area contributed by atoms with Crippen LogP contribution in [0.15, 0.2) is 12.2 Å². The molecule has 0 saturated heterocycles. The van der Waals surface area contributed by atoms with Gasteiger partial charge in [-0.25, -0.2) is 0 Å². The molecule has 0 bridgehead atoms. The zero-order valence-corrected chi connectivity index (χ0v) is 4.81. The zero-order valence-electron chi connectivity index (χ0n) is 4.81. The van der Waals surface area contributed by atoms with Crippen LogP contribution in [-0.2, 0) is 0 Å². The van der Waals surface area contributed by atoms with Crippen molar-refractivity contribution in [2.45, 2.75) is 25.9 Å². The lowest BCUT2D eigenvalue weighted by atomic mass is 10.4. The van der Waals surface area contributed by atoms with E-state index in [4.69, 9.17) is 0 Å². The molecule has 0 saturated carbocycles. The fraction of sp³-hybridized carbons (Fsp3) is 0.667. The Morgan fingerprint density at radius 2 is 1.57 bits per heavy atom. The maximum absolute atomic E-state index is 3.31. The van der Waals surface area contributed by atoms with Crippen molar-refractivity contribution in [2.75, 3.05) is 0 Å². The van der Waals surface area contributed by atoms with E-state index in [1.54, 1.807) is 0 Å². The van der Waals surface area contributed by atoms with Crippen molar-refractivity contribution in [1.29, 1.82) is 0 Å². The van der Waals surface area contributed by atoms with Crippen LogP contribution in [0, 0.1) is 0 Å². The Hall–Kier alpha value is -0.300. The van der Waals surface area contributed by atoms with E-state index in [0.717, 1.165) is 0 Å². The van der Waals surface area contributed by atoms with E-state index in [1.165, 1.54) is 0 Å². The van der Waals surface area contributed by atoms with Gasteiger partial charge < -0.3 is 5.32 Å². The van der Waals surface area contributed by atoms with Crippen LogP contribution < -0.4 is 5.32 Å². The van der Waals surface area contributed by atoms with Crippen LogP contribution in [-0.4, -0.2) is 12.1 Å². The minimum atomic E-state index is 0.593. The second-order valence-corrected chi connectivity index (χ2v) is 2.13. The third-order valence-electron chi connectivity index (χ3n) is 1.21. The van der Waals surface area contributed by atoms with E-state index >= 15 is 0 Å². The van der Waals surface area contributed by atoms with Crippen LogP contribution in [0.25, 0.3) is 0 Å². The van der Waals surface area contributed by atoms with Gasteiger partial charge in [-0.2, -0.15) is 0 Å². The fourth-order valence-electron chi connectivity index (χ4n) is 0.859. The standard InChI is InChI=1S/C6H11N/c1-5-3-4-6(2)7-5/h3-7H,1-2H3/t5-,6-/m0/s1. The maximum Gasteiger partial charge on any atom is 0.0227 e. The number of nitrogens with one attached hydrogen (secondary N) is 1. The monoisotopic (exact) mass is 97.1 g/mol. The van der Waals surface area contributed by atoms with Gasteiger partial charge in [-0.1, -0.05) is 12.2 Å². The number of hydrogen-bond acceptors (Lipinski definition) is 1. The topological polar surface area (TPSA) is 12.0 Å². The molecule has 0 aromatic heterocycles. The molecule has 0 amide bonds. The lowest BCUT2D eigenvalue weighted by Gasteiger charge is -2.02. The van der Waals surface area contributed by atoms with Crippen molar-refractivity contribution in [3.63, 3.8) is 0 Å². The van der Waals surface area contributed by atoms with E-state index in [9.17, 15) is 0 Å². The van der Waals surface area contributed by atoms with Crippen molar-refractivity contribution in [3.8, 4) is 0 Å². The minimum Gasteiger partial charge on any atom is -0.305 e. The molecule has 1 aliphatic rings. The van der Waals surface area contributed by atoms with Gasteiger partial charge in [-0.3, -0.25) is 0 Å². The molecule has 0 fully saturated rings. The molecule has 1 rings (SSSR count). The SMILES string of the molecule is C[C@H]1C=C[C@H](C)N1. The first kappa shape index (κ1) is 4.85. The van der Waals surface area contributed by atoms with Crippen LogP contribution in [0.4, 0.5) is 0 Å². The highest BCUT2D eigenvalue weighted by atomic mass is 14.9. The molecule has 0 aromatic carbocycles. The zero-order chi connectivity index (χ0) is 5.28. The molecule has 1 N–H and O–H groups in total. The average Bonchev–Trinajstić information content (AvgIpc) is 1.87. The summed E-state index contributed by atoms with van der Waals surface area (Å²) in [5, 5.41) is 3.31. The Labute approximate surface area is 44.4 Å². The lowest BCUT2D eigenvalue weighted by molar-refractivity contribution is 0.628. The largest absolute Gasteiger partial charge is 0.305 e. The van der Waals surface area contributed by atoms with Crippen molar-refractivity contribution in [1.82, 2.24) is 5.32 Å². The molecular weight excluding hydrogens is 86.1 g/mol. The highest BCUT2D eigenvalue weighted by Gasteiger charge is 2.06. The summed E-state index contributed by atoms with van der Waals surface area (Å²) in [6.45, 7) is 4.31. The minimum absolute atomic E-state index is 0.593. The summed E-state index contributed by atoms with van der Waals surface area (Å²) in [6, 6.07) is 1.19. The van der Waals surface area contributed by atoms with E-state index in [0.29, 0.717) is 12.1 Å². The molecule has 1 nitrogen and oxygen atoms in total. The predicted molar refractivity (Wildman–Crippen MR) is 31.2 cm³/mol. The molecule has 0 radical (unpaired) electrons. The van der Waals surface area contributed by atoms with Crippen molar-refractivity contribution < 1.29 is 0 Å². The van der Waals surface area contributed by atoms with Crippen molar-refractivity contribution in [3.05, 3.63) is 12.2 Å². The lowest BCUT2D eigenvalue weighted by Crippen LogP contribution is -2.25. The molecule has 0 aliphatic carbocycles. The smallest absolute Gasteiger partial charge is 0.0227 e. The van der Waals surface area contributed by atoms with E-state index < -0.39 is 0 Å². The fourth-order valence-corrected chi connectivity index (χ4v) is 0.859.